The van der Waals surface area contributed by atoms with Gasteiger partial charge in [-0.05, 0) is 44.5 Å². The Hall–Kier alpha value is -0.960. The van der Waals surface area contributed by atoms with Crippen molar-refractivity contribution in [3.63, 3.8) is 0 Å². The third kappa shape index (κ3) is 2.17. The molecule has 0 aromatic heterocycles. The Bertz CT molecular complexity index is 349. The minimum atomic E-state index is -2.43. The van der Waals surface area contributed by atoms with Crippen LogP contribution in [0.5, 0.6) is 0 Å². The van der Waals surface area contributed by atoms with Crippen LogP contribution in [0.15, 0.2) is 18.2 Å². The van der Waals surface area contributed by atoms with Crippen LogP contribution >= 0.6 is 0 Å². The van der Waals surface area contributed by atoms with Gasteiger partial charge in [0.25, 0.3) is 6.43 Å². The predicted octanol–water partition coefficient (Wildman–Crippen LogP) is 3.00. The zero-order valence-corrected chi connectivity index (χ0v) is 9.57. The summed E-state index contributed by atoms with van der Waals surface area (Å²) >= 11 is 0. The fourth-order valence-corrected chi connectivity index (χ4v) is 1.44. The van der Waals surface area contributed by atoms with Crippen LogP contribution in [0.2, 0.25) is 0 Å². The molecule has 1 atom stereocenters. The first-order chi connectivity index (χ1) is 6.91. The van der Waals surface area contributed by atoms with E-state index in [1.165, 1.54) is 6.92 Å². The van der Waals surface area contributed by atoms with E-state index in [2.05, 4.69) is 5.32 Å². The second-order valence-electron chi connectivity index (χ2n) is 4.05. The van der Waals surface area contributed by atoms with Gasteiger partial charge in [0.1, 0.15) is 5.54 Å². The first-order valence-electron chi connectivity index (χ1n) is 4.96. The van der Waals surface area contributed by atoms with Crippen LogP contribution < -0.4 is 5.32 Å². The first-order valence-corrected chi connectivity index (χ1v) is 4.96. The van der Waals surface area contributed by atoms with E-state index in [0.29, 0.717) is 5.56 Å². The summed E-state index contributed by atoms with van der Waals surface area (Å²) in [5.74, 6) is 0. The second-order valence-corrected chi connectivity index (χ2v) is 4.05. The Morgan fingerprint density at radius 1 is 1.20 bits per heavy atom. The maximum Gasteiger partial charge on any atom is 0.260 e. The Kier molecular flexibility index (Phi) is 3.45. The lowest BCUT2D eigenvalue weighted by atomic mass is 9.90. The van der Waals surface area contributed by atoms with Crippen molar-refractivity contribution in [1.29, 1.82) is 0 Å². The molecule has 0 fully saturated rings. The molecule has 1 aromatic carbocycles. The zero-order valence-electron chi connectivity index (χ0n) is 9.57. The zero-order chi connectivity index (χ0) is 11.6. The van der Waals surface area contributed by atoms with Gasteiger partial charge in [-0.3, -0.25) is 0 Å². The molecule has 0 radical (unpaired) electrons. The summed E-state index contributed by atoms with van der Waals surface area (Å²) in [4.78, 5) is 0. The van der Waals surface area contributed by atoms with E-state index >= 15 is 0 Å². The molecule has 1 nitrogen and oxygen atoms in total. The Balaban J connectivity index is 3.19. The standard InChI is InChI=1S/C12H17F2N/c1-8-5-6-10(7-9(8)2)12(3,15-4)11(13)14/h5-7,11,15H,1-4H3. The van der Waals surface area contributed by atoms with E-state index in [1.807, 2.05) is 26.0 Å². The number of aryl methyl sites for hydroxylation is 2. The smallest absolute Gasteiger partial charge is 0.260 e. The van der Waals surface area contributed by atoms with Crippen molar-refractivity contribution in [2.75, 3.05) is 7.05 Å². The maximum atomic E-state index is 12.9. The Labute approximate surface area is 89.5 Å². The molecule has 1 rings (SSSR count). The fraction of sp³-hybridized carbons (Fsp3) is 0.500. The van der Waals surface area contributed by atoms with Gasteiger partial charge in [-0.2, -0.15) is 0 Å². The molecule has 15 heavy (non-hydrogen) atoms. The van der Waals surface area contributed by atoms with Gasteiger partial charge in [0.2, 0.25) is 0 Å². The van der Waals surface area contributed by atoms with Crippen molar-refractivity contribution in [3.8, 4) is 0 Å². The lowest BCUT2D eigenvalue weighted by Gasteiger charge is -2.29. The number of benzene rings is 1. The largest absolute Gasteiger partial charge is 0.306 e. The van der Waals surface area contributed by atoms with Gasteiger partial charge in [0.05, 0.1) is 0 Å². The number of alkyl halides is 2. The number of halogens is 2. The number of hydrogen-bond donors (Lipinski definition) is 1. The van der Waals surface area contributed by atoms with Crippen LogP contribution in [0, 0.1) is 13.8 Å². The molecule has 0 amide bonds. The van der Waals surface area contributed by atoms with E-state index in [-0.39, 0.29) is 0 Å². The summed E-state index contributed by atoms with van der Waals surface area (Å²) < 4.78 is 25.9. The molecular weight excluding hydrogens is 196 g/mol. The highest BCUT2D eigenvalue weighted by molar-refractivity contribution is 5.34. The molecule has 84 valence electrons. The third-order valence-electron chi connectivity index (χ3n) is 3.06. The molecular formula is C12H17F2N. The lowest BCUT2D eigenvalue weighted by molar-refractivity contribution is 0.0431. The minimum absolute atomic E-state index is 0.628. The number of rotatable bonds is 3. The summed E-state index contributed by atoms with van der Waals surface area (Å²) in [5, 5.41) is 2.69. The quantitative estimate of drug-likeness (QED) is 0.813. The number of hydrogen-bond acceptors (Lipinski definition) is 1. The van der Waals surface area contributed by atoms with E-state index in [1.54, 1.807) is 13.1 Å². The summed E-state index contributed by atoms with van der Waals surface area (Å²) in [6.07, 6.45) is -2.43. The molecule has 1 unspecified atom stereocenters. The molecule has 0 aliphatic rings. The topological polar surface area (TPSA) is 12.0 Å². The summed E-state index contributed by atoms with van der Waals surface area (Å²) in [6, 6.07) is 5.45. The van der Waals surface area contributed by atoms with E-state index in [4.69, 9.17) is 0 Å². The molecule has 0 bridgehead atoms. The third-order valence-corrected chi connectivity index (χ3v) is 3.06. The van der Waals surface area contributed by atoms with Crippen molar-refractivity contribution in [2.45, 2.75) is 32.7 Å². The summed E-state index contributed by atoms with van der Waals surface area (Å²) in [6.45, 7) is 5.42. The molecule has 1 N–H and O–H groups in total. The maximum absolute atomic E-state index is 12.9. The van der Waals surface area contributed by atoms with Crippen LogP contribution in [0.3, 0.4) is 0 Å². The van der Waals surface area contributed by atoms with Gasteiger partial charge < -0.3 is 5.32 Å². The Morgan fingerprint density at radius 3 is 2.20 bits per heavy atom. The highest BCUT2D eigenvalue weighted by atomic mass is 19.3. The van der Waals surface area contributed by atoms with Crippen LogP contribution in [0.4, 0.5) is 8.78 Å². The highest BCUT2D eigenvalue weighted by Gasteiger charge is 2.35. The average Bonchev–Trinajstić information content (AvgIpc) is 2.20. The molecule has 0 saturated heterocycles. The normalized spacial score (nSPS) is 15.4. The van der Waals surface area contributed by atoms with Gasteiger partial charge in [-0.25, -0.2) is 8.78 Å². The minimum Gasteiger partial charge on any atom is -0.306 e. The van der Waals surface area contributed by atoms with Crippen LogP contribution in [0.1, 0.15) is 23.6 Å². The first kappa shape index (κ1) is 12.1. The van der Waals surface area contributed by atoms with Crippen LogP contribution in [-0.2, 0) is 5.54 Å². The predicted molar refractivity (Wildman–Crippen MR) is 58.3 cm³/mol. The highest BCUT2D eigenvalue weighted by Crippen LogP contribution is 2.28. The van der Waals surface area contributed by atoms with Gasteiger partial charge in [0.15, 0.2) is 0 Å². The molecule has 0 aliphatic carbocycles. The van der Waals surface area contributed by atoms with Crippen molar-refractivity contribution in [2.24, 2.45) is 0 Å². The van der Waals surface area contributed by atoms with E-state index in [0.717, 1.165) is 11.1 Å². The van der Waals surface area contributed by atoms with Crippen molar-refractivity contribution in [1.82, 2.24) is 5.32 Å². The summed E-state index contributed by atoms with van der Waals surface area (Å²) in [5.41, 5.74) is 1.52. The SMILES string of the molecule is CNC(C)(c1ccc(C)c(C)c1)C(F)F. The number of nitrogens with one attached hydrogen (secondary N) is 1. The molecule has 1 aromatic rings. The second kappa shape index (κ2) is 4.27. The van der Waals surface area contributed by atoms with Gasteiger partial charge in [0, 0.05) is 0 Å². The van der Waals surface area contributed by atoms with Crippen molar-refractivity contribution >= 4 is 0 Å². The molecule has 3 heteroatoms. The Morgan fingerprint density at radius 2 is 1.80 bits per heavy atom. The average molecular weight is 213 g/mol. The molecule has 0 aliphatic heterocycles. The fourth-order valence-electron chi connectivity index (χ4n) is 1.44. The van der Waals surface area contributed by atoms with Crippen molar-refractivity contribution in [3.05, 3.63) is 34.9 Å². The van der Waals surface area contributed by atoms with E-state index in [9.17, 15) is 8.78 Å². The van der Waals surface area contributed by atoms with Gasteiger partial charge >= 0.3 is 0 Å². The van der Waals surface area contributed by atoms with E-state index < -0.39 is 12.0 Å². The summed E-state index contributed by atoms with van der Waals surface area (Å²) in [7, 11) is 1.56. The van der Waals surface area contributed by atoms with Crippen LogP contribution in [0.25, 0.3) is 0 Å². The molecule has 0 heterocycles. The lowest BCUT2D eigenvalue weighted by Crippen LogP contribution is -2.43. The van der Waals surface area contributed by atoms with Crippen LogP contribution in [-0.4, -0.2) is 13.5 Å². The van der Waals surface area contributed by atoms with Crippen molar-refractivity contribution < 1.29 is 8.78 Å². The monoisotopic (exact) mass is 213 g/mol. The van der Waals surface area contributed by atoms with Gasteiger partial charge in [-0.1, -0.05) is 18.2 Å². The molecule has 0 spiro atoms. The van der Waals surface area contributed by atoms with Gasteiger partial charge in [-0.15, -0.1) is 0 Å². The molecule has 0 saturated carbocycles.